The second-order valence-electron chi connectivity index (χ2n) is 6.51. The molecule has 1 amide bonds. The highest BCUT2D eigenvalue weighted by Gasteiger charge is 2.26. The molecule has 0 aliphatic heterocycles. The Morgan fingerprint density at radius 1 is 1.07 bits per heavy atom. The van der Waals surface area contributed by atoms with Crippen LogP contribution in [0.2, 0.25) is 0 Å². The van der Waals surface area contributed by atoms with Gasteiger partial charge < -0.3 is 19.2 Å². The van der Waals surface area contributed by atoms with Crippen molar-refractivity contribution in [3.05, 3.63) is 65.4 Å². The number of esters is 1. The van der Waals surface area contributed by atoms with Gasteiger partial charge in [-0.1, -0.05) is 18.2 Å². The lowest BCUT2D eigenvalue weighted by molar-refractivity contribution is -0.114. The maximum absolute atomic E-state index is 12.7. The summed E-state index contributed by atoms with van der Waals surface area (Å²) in [5.74, 6) is -1.28. The van der Waals surface area contributed by atoms with Gasteiger partial charge in [0, 0.05) is 36.2 Å². The Balaban J connectivity index is 1.76. The van der Waals surface area contributed by atoms with Crippen LogP contribution < -0.4 is 5.32 Å². The number of fused-ring (bicyclic) bond motifs is 1. The molecule has 3 aromatic rings. The van der Waals surface area contributed by atoms with Gasteiger partial charge in [-0.2, -0.15) is 0 Å². The maximum atomic E-state index is 12.7. The molecule has 150 valence electrons. The number of carbonyl (C=O) groups excluding carboxylic acids is 3. The van der Waals surface area contributed by atoms with E-state index in [9.17, 15) is 14.4 Å². The zero-order valence-corrected chi connectivity index (χ0v) is 16.4. The van der Waals surface area contributed by atoms with Crippen molar-refractivity contribution < 1.29 is 28.3 Å². The number of benzene rings is 2. The Hall–Kier alpha value is -3.45. The molecule has 1 heterocycles. The summed E-state index contributed by atoms with van der Waals surface area (Å²) >= 11 is 0. The number of nitrogens with one attached hydrogen (secondary N) is 1. The van der Waals surface area contributed by atoms with Gasteiger partial charge in [-0.25, -0.2) is 4.79 Å². The van der Waals surface area contributed by atoms with Crippen LogP contribution in [0.5, 0.6) is 0 Å². The molecule has 0 bridgehead atoms. The smallest absolute Gasteiger partial charge is 0.375 e. The summed E-state index contributed by atoms with van der Waals surface area (Å²) in [6, 6.07) is 13.6. The Morgan fingerprint density at radius 3 is 2.41 bits per heavy atom. The Labute approximate surface area is 167 Å². The van der Waals surface area contributed by atoms with E-state index in [0.29, 0.717) is 22.4 Å². The van der Waals surface area contributed by atoms with Crippen molar-refractivity contribution in [1.82, 2.24) is 0 Å². The third-order valence-corrected chi connectivity index (χ3v) is 4.32. The van der Waals surface area contributed by atoms with E-state index in [1.165, 1.54) is 21.0 Å². The summed E-state index contributed by atoms with van der Waals surface area (Å²) in [7, 11) is 1.52. The minimum atomic E-state index is -1.02. The lowest BCUT2D eigenvalue weighted by atomic mass is 10.1. The molecule has 0 saturated heterocycles. The van der Waals surface area contributed by atoms with E-state index in [1.54, 1.807) is 36.4 Å². The minimum Gasteiger partial charge on any atom is -0.449 e. The van der Waals surface area contributed by atoms with Crippen molar-refractivity contribution >= 4 is 34.3 Å². The van der Waals surface area contributed by atoms with E-state index >= 15 is 0 Å². The van der Waals surface area contributed by atoms with Crippen molar-refractivity contribution in [1.29, 1.82) is 0 Å². The molecule has 7 heteroatoms. The SMILES string of the molecule is COCc1c(C(=O)O[C@@H](C)C(=O)c2ccc(NC(C)=O)cc2)oc2ccccc12. The fraction of sp³-hybridized carbons (Fsp3) is 0.227. The first-order valence-corrected chi connectivity index (χ1v) is 9.03. The van der Waals surface area contributed by atoms with E-state index in [1.807, 2.05) is 12.1 Å². The summed E-state index contributed by atoms with van der Waals surface area (Å²) in [5, 5.41) is 3.38. The zero-order chi connectivity index (χ0) is 21.0. The molecule has 0 radical (unpaired) electrons. The molecule has 1 atom stereocenters. The number of para-hydroxylation sites is 1. The summed E-state index contributed by atoms with van der Waals surface area (Å²) in [6.07, 6.45) is -1.02. The molecule has 0 aliphatic rings. The summed E-state index contributed by atoms with van der Waals surface area (Å²) in [4.78, 5) is 36.3. The van der Waals surface area contributed by atoms with Crippen LogP contribution in [0.3, 0.4) is 0 Å². The number of anilines is 1. The van der Waals surface area contributed by atoms with Gasteiger partial charge in [0.05, 0.1) is 6.61 Å². The molecule has 0 unspecified atom stereocenters. The van der Waals surface area contributed by atoms with E-state index in [-0.39, 0.29) is 24.1 Å². The van der Waals surface area contributed by atoms with E-state index in [4.69, 9.17) is 13.9 Å². The predicted octanol–water partition coefficient (Wildman–Crippen LogP) is 3.97. The minimum absolute atomic E-state index is 0.0220. The Morgan fingerprint density at radius 2 is 1.76 bits per heavy atom. The van der Waals surface area contributed by atoms with Gasteiger partial charge in [0.1, 0.15) is 5.58 Å². The lowest BCUT2D eigenvalue weighted by Gasteiger charge is -2.12. The number of methoxy groups -OCH3 is 1. The molecule has 0 spiro atoms. The number of rotatable bonds is 7. The fourth-order valence-corrected chi connectivity index (χ4v) is 2.97. The number of hydrogen-bond donors (Lipinski definition) is 1. The second-order valence-corrected chi connectivity index (χ2v) is 6.51. The van der Waals surface area contributed by atoms with Crippen LogP contribution in [0.1, 0.15) is 40.3 Å². The van der Waals surface area contributed by atoms with Gasteiger partial charge in [-0.15, -0.1) is 0 Å². The van der Waals surface area contributed by atoms with Crippen molar-refractivity contribution in [2.75, 3.05) is 12.4 Å². The van der Waals surface area contributed by atoms with Gasteiger partial charge in [0.2, 0.25) is 17.5 Å². The molecule has 7 nitrogen and oxygen atoms in total. The quantitative estimate of drug-likeness (QED) is 0.481. The first-order valence-electron chi connectivity index (χ1n) is 9.03. The van der Waals surface area contributed by atoms with Crippen molar-refractivity contribution in [3.8, 4) is 0 Å². The molecule has 0 fully saturated rings. The molecule has 0 saturated carbocycles. The Kier molecular flexibility index (Phi) is 6.09. The Bertz CT molecular complexity index is 1050. The number of hydrogen-bond acceptors (Lipinski definition) is 6. The van der Waals surface area contributed by atoms with E-state index in [2.05, 4.69) is 5.32 Å². The average molecular weight is 395 g/mol. The first-order chi connectivity index (χ1) is 13.9. The highest BCUT2D eigenvalue weighted by molar-refractivity contribution is 6.02. The number of amides is 1. The number of ketones is 1. The van der Waals surface area contributed by atoms with Crippen LogP contribution >= 0.6 is 0 Å². The normalized spacial score (nSPS) is 11.8. The number of ether oxygens (including phenoxy) is 2. The van der Waals surface area contributed by atoms with Crippen LogP contribution in [-0.4, -0.2) is 30.9 Å². The molecular weight excluding hydrogens is 374 g/mol. The van der Waals surface area contributed by atoms with Gasteiger partial charge in [0.25, 0.3) is 0 Å². The molecular formula is C22H21NO6. The molecule has 3 rings (SSSR count). The van der Waals surface area contributed by atoms with E-state index in [0.717, 1.165) is 5.39 Å². The molecule has 1 N–H and O–H groups in total. The standard InChI is InChI=1S/C22H21NO6/c1-13(20(25)15-8-10-16(11-9-15)23-14(2)24)28-22(26)21-18(12-27-3)17-6-4-5-7-19(17)29-21/h4-11,13H,12H2,1-3H3,(H,23,24)/t13-/m0/s1. The van der Waals surface area contributed by atoms with Gasteiger partial charge in [-0.05, 0) is 37.3 Å². The number of carbonyl (C=O) groups is 3. The van der Waals surface area contributed by atoms with Crippen LogP contribution in [0.15, 0.2) is 52.9 Å². The average Bonchev–Trinajstić information content (AvgIpc) is 3.07. The predicted molar refractivity (Wildman–Crippen MR) is 107 cm³/mol. The van der Waals surface area contributed by atoms with Crippen molar-refractivity contribution in [2.45, 2.75) is 26.6 Å². The van der Waals surface area contributed by atoms with Crippen molar-refractivity contribution in [3.63, 3.8) is 0 Å². The zero-order valence-electron chi connectivity index (χ0n) is 16.4. The number of Topliss-reactive ketones (excluding diaryl/α,β-unsaturated/α-hetero) is 1. The lowest BCUT2D eigenvalue weighted by Crippen LogP contribution is -2.24. The van der Waals surface area contributed by atoms with Crippen LogP contribution in [-0.2, 0) is 20.9 Å². The van der Waals surface area contributed by atoms with Gasteiger partial charge in [0.15, 0.2) is 6.10 Å². The fourth-order valence-electron chi connectivity index (χ4n) is 2.97. The highest BCUT2D eigenvalue weighted by atomic mass is 16.6. The summed E-state index contributed by atoms with van der Waals surface area (Å²) in [6.45, 7) is 3.07. The third kappa shape index (κ3) is 4.52. The molecule has 29 heavy (non-hydrogen) atoms. The van der Waals surface area contributed by atoms with E-state index < -0.39 is 12.1 Å². The van der Waals surface area contributed by atoms with Crippen LogP contribution in [0, 0.1) is 0 Å². The van der Waals surface area contributed by atoms with Crippen LogP contribution in [0.4, 0.5) is 5.69 Å². The first kappa shape index (κ1) is 20.3. The topological polar surface area (TPSA) is 94.8 Å². The van der Waals surface area contributed by atoms with Gasteiger partial charge >= 0.3 is 5.97 Å². The van der Waals surface area contributed by atoms with Crippen molar-refractivity contribution in [2.24, 2.45) is 0 Å². The highest BCUT2D eigenvalue weighted by Crippen LogP contribution is 2.27. The summed E-state index contributed by atoms with van der Waals surface area (Å²) in [5.41, 5.74) is 2.05. The monoisotopic (exact) mass is 395 g/mol. The third-order valence-electron chi connectivity index (χ3n) is 4.32. The largest absolute Gasteiger partial charge is 0.449 e. The number of furan rings is 1. The summed E-state index contributed by atoms with van der Waals surface area (Å²) < 4.78 is 16.2. The molecule has 1 aromatic heterocycles. The molecule has 2 aromatic carbocycles. The second kappa shape index (κ2) is 8.70. The maximum Gasteiger partial charge on any atom is 0.375 e. The van der Waals surface area contributed by atoms with Gasteiger partial charge in [-0.3, -0.25) is 9.59 Å². The van der Waals surface area contributed by atoms with Crippen LogP contribution in [0.25, 0.3) is 11.0 Å². The molecule has 0 aliphatic carbocycles.